The van der Waals surface area contributed by atoms with E-state index in [-0.39, 0.29) is 5.57 Å². The molecule has 0 atom stereocenters. The molecule has 6 nitrogen and oxygen atoms in total. The molecular formula is C22H23N5OS. The molecule has 2 heterocycles. The summed E-state index contributed by atoms with van der Waals surface area (Å²) in [5.41, 5.74) is 11.1. The van der Waals surface area contributed by atoms with E-state index in [1.165, 1.54) is 22.6 Å². The molecule has 0 aliphatic carbocycles. The van der Waals surface area contributed by atoms with Crippen LogP contribution in [0.5, 0.6) is 0 Å². The van der Waals surface area contributed by atoms with Gasteiger partial charge in [-0.25, -0.2) is 4.98 Å². The van der Waals surface area contributed by atoms with Crippen molar-refractivity contribution in [1.29, 1.82) is 5.26 Å². The first-order valence-electron chi connectivity index (χ1n) is 9.25. The first-order chi connectivity index (χ1) is 13.9. The van der Waals surface area contributed by atoms with Crippen LogP contribution in [0, 0.1) is 25.2 Å². The van der Waals surface area contributed by atoms with Gasteiger partial charge in [-0.1, -0.05) is 30.3 Å². The largest absolute Gasteiger partial charge is 0.365 e. The minimum atomic E-state index is -0.753. The van der Waals surface area contributed by atoms with Gasteiger partial charge in [-0.05, 0) is 38.8 Å². The summed E-state index contributed by atoms with van der Waals surface area (Å²) in [5.74, 6) is -0.753. The molecule has 0 radical (unpaired) electrons. The predicted octanol–water partition coefficient (Wildman–Crippen LogP) is 4.17. The fourth-order valence-electron chi connectivity index (χ4n) is 3.29. The third-order valence-corrected chi connectivity index (χ3v) is 5.61. The third kappa shape index (κ3) is 4.55. The van der Waals surface area contributed by atoms with Gasteiger partial charge in [-0.15, -0.1) is 11.3 Å². The number of aryl methyl sites for hydroxylation is 2. The number of allylic oxidation sites excluding steroid dienone is 1. The second-order valence-electron chi connectivity index (χ2n) is 6.81. The molecule has 3 N–H and O–H groups in total. The second-order valence-corrected chi connectivity index (χ2v) is 7.67. The van der Waals surface area contributed by atoms with Crippen molar-refractivity contribution in [3.05, 3.63) is 70.0 Å². The number of thiazole rings is 1. The van der Waals surface area contributed by atoms with Crippen LogP contribution in [0.2, 0.25) is 0 Å². The summed E-state index contributed by atoms with van der Waals surface area (Å²) in [6.07, 6.45) is 0.967. The van der Waals surface area contributed by atoms with E-state index in [9.17, 15) is 4.79 Å². The number of hydrogen-bond acceptors (Lipinski definition) is 5. The van der Waals surface area contributed by atoms with E-state index in [0.717, 1.165) is 29.9 Å². The summed E-state index contributed by atoms with van der Waals surface area (Å²) in [6.45, 7) is 6.75. The number of nitrogens with zero attached hydrogens (tertiary/aromatic N) is 3. The van der Waals surface area contributed by atoms with Gasteiger partial charge in [0.05, 0.1) is 5.69 Å². The Morgan fingerprint density at radius 2 is 2.03 bits per heavy atom. The van der Waals surface area contributed by atoms with Crippen LogP contribution in [0.1, 0.15) is 23.9 Å². The summed E-state index contributed by atoms with van der Waals surface area (Å²) < 4.78 is 2.31. The van der Waals surface area contributed by atoms with Crippen molar-refractivity contribution in [3.63, 3.8) is 0 Å². The van der Waals surface area contributed by atoms with E-state index in [2.05, 4.69) is 59.0 Å². The molecule has 0 fully saturated rings. The van der Waals surface area contributed by atoms with Crippen LogP contribution in [0.4, 0.5) is 5.13 Å². The van der Waals surface area contributed by atoms with Gasteiger partial charge in [0, 0.05) is 34.6 Å². The Kier molecular flexibility index (Phi) is 6.15. The normalized spacial score (nSPS) is 11.7. The first-order valence-corrected chi connectivity index (χ1v) is 10.1. The van der Waals surface area contributed by atoms with Crippen molar-refractivity contribution < 1.29 is 4.79 Å². The molecule has 2 aromatic heterocycles. The lowest BCUT2D eigenvalue weighted by Gasteiger charge is -2.09. The molecule has 0 aliphatic rings. The van der Waals surface area contributed by atoms with Gasteiger partial charge < -0.3 is 15.6 Å². The number of anilines is 1. The topological polar surface area (TPSA) is 96.7 Å². The van der Waals surface area contributed by atoms with Crippen LogP contribution in [-0.2, 0) is 17.8 Å². The third-order valence-electron chi connectivity index (χ3n) is 4.85. The van der Waals surface area contributed by atoms with E-state index in [1.807, 2.05) is 17.5 Å². The number of benzene rings is 1. The lowest BCUT2D eigenvalue weighted by molar-refractivity contribution is -0.114. The number of hydrogen-bond donors (Lipinski definition) is 2. The average Bonchev–Trinajstić information content (AvgIpc) is 3.25. The van der Waals surface area contributed by atoms with Crippen molar-refractivity contribution in [2.24, 2.45) is 5.73 Å². The highest BCUT2D eigenvalue weighted by Crippen LogP contribution is 2.30. The Morgan fingerprint density at radius 1 is 1.31 bits per heavy atom. The molecule has 0 unspecified atom stereocenters. The Balaban J connectivity index is 1.80. The Bertz CT molecular complexity index is 1100. The number of aromatic nitrogens is 2. The van der Waals surface area contributed by atoms with Gasteiger partial charge in [0.25, 0.3) is 5.91 Å². The summed E-state index contributed by atoms with van der Waals surface area (Å²) in [5, 5.41) is 14.7. The molecule has 0 saturated heterocycles. The van der Waals surface area contributed by atoms with Crippen LogP contribution in [0.15, 0.2) is 53.0 Å². The zero-order chi connectivity index (χ0) is 21.0. The molecule has 1 aromatic carbocycles. The molecule has 0 bridgehead atoms. The quantitative estimate of drug-likeness (QED) is 0.455. The number of rotatable bonds is 7. The monoisotopic (exact) mass is 405 g/mol. The number of amides is 1. The van der Waals surface area contributed by atoms with Crippen LogP contribution in [0.25, 0.3) is 11.3 Å². The molecule has 0 aliphatic heterocycles. The standard InChI is InChI=1S/C22H23N5OS/c1-14-11-18(16(3)27(14)10-9-17-7-5-4-6-8-17)20-13-29-22(26-20)25-15(2)19(12-23)21(24)28/h4-8,11,13H,9-10H2,1-3H3,(H2,24,28)(H,25,26)/b19-15-. The fourth-order valence-corrected chi connectivity index (χ4v) is 4.06. The zero-order valence-electron chi connectivity index (χ0n) is 16.7. The Labute approximate surface area is 174 Å². The molecule has 3 rings (SSSR count). The van der Waals surface area contributed by atoms with E-state index in [1.54, 1.807) is 6.92 Å². The number of nitrogens with one attached hydrogen (secondary N) is 1. The highest BCUT2D eigenvalue weighted by molar-refractivity contribution is 7.14. The van der Waals surface area contributed by atoms with E-state index in [4.69, 9.17) is 11.0 Å². The summed E-state index contributed by atoms with van der Waals surface area (Å²) in [4.78, 5) is 15.9. The molecule has 1 amide bonds. The van der Waals surface area contributed by atoms with Gasteiger partial charge >= 0.3 is 0 Å². The highest BCUT2D eigenvalue weighted by atomic mass is 32.1. The zero-order valence-corrected chi connectivity index (χ0v) is 17.5. The Hall–Kier alpha value is -3.37. The van der Waals surface area contributed by atoms with Crippen molar-refractivity contribution in [2.75, 3.05) is 5.32 Å². The minimum absolute atomic E-state index is 0.0964. The van der Waals surface area contributed by atoms with Gasteiger partial charge in [-0.2, -0.15) is 5.26 Å². The van der Waals surface area contributed by atoms with Gasteiger partial charge in [0.2, 0.25) is 0 Å². The maximum absolute atomic E-state index is 11.3. The summed E-state index contributed by atoms with van der Waals surface area (Å²) in [6, 6.07) is 14.4. The number of primary amides is 1. The van der Waals surface area contributed by atoms with Crippen LogP contribution >= 0.6 is 11.3 Å². The van der Waals surface area contributed by atoms with Gasteiger partial charge in [0.15, 0.2) is 5.13 Å². The average molecular weight is 406 g/mol. The maximum atomic E-state index is 11.3. The number of nitrogens with two attached hydrogens (primary N) is 1. The molecule has 0 saturated carbocycles. The lowest BCUT2D eigenvalue weighted by atomic mass is 10.1. The van der Waals surface area contributed by atoms with E-state index >= 15 is 0 Å². The summed E-state index contributed by atoms with van der Waals surface area (Å²) >= 11 is 1.42. The second kappa shape index (κ2) is 8.76. The van der Waals surface area contributed by atoms with Crippen LogP contribution in [-0.4, -0.2) is 15.5 Å². The Morgan fingerprint density at radius 3 is 2.69 bits per heavy atom. The maximum Gasteiger partial charge on any atom is 0.261 e. The molecule has 29 heavy (non-hydrogen) atoms. The van der Waals surface area contributed by atoms with E-state index in [0.29, 0.717) is 10.8 Å². The van der Waals surface area contributed by atoms with Crippen LogP contribution in [0.3, 0.4) is 0 Å². The van der Waals surface area contributed by atoms with Crippen molar-refractivity contribution in [2.45, 2.75) is 33.7 Å². The predicted molar refractivity (Wildman–Crippen MR) is 116 cm³/mol. The smallest absolute Gasteiger partial charge is 0.261 e. The number of carbonyl (C=O) groups excluding carboxylic acids is 1. The molecule has 3 aromatic rings. The number of carbonyl (C=O) groups is 1. The van der Waals surface area contributed by atoms with Crippen LogP contribution < -0.4 is 11.1 Å². The van der Waals surface area contributed by atoms with Crippen molar-refractivity contribution in [3.8, 4) is 17.3 Å². The highest BCUT2D eigenvalue weighted by Gasteiger charge is 2.15. The summed E-state index contributed by atoms with van der Waals surface area (Å²) in [7, 11) is 0. The van der Waals surface area contributed by atoms with Crippen molar-refractivity contribution in [1.82, 2.24) is 9.55 Å². The molecular weight excluding hydrogens is 382 g/mol. The van der Waals surface area contributed by atoms with Crippen molar-refractivity contribution >= 4 is 22.4 Å². The van der Waals surface area contributed by atoms with E-state index < -0.39 is 5.91 Å². The molecule has 0 spiro atoms. The molecule has 148 valence electrons. The fraction of sp³-hybridized carbons (Fsp3) is 0.227. The first kappa shape index (κ1) is 20.4. The lowest BCUT2D eigenvalue weighted by Crippen LogP contribution is -2.16. The number of nitriles is 1. The molecule has 7 heteroatoms. The van der Waals surface area contributed by atoms with Gasteiger partial charge in [0.1, 0.15) is 11.6 Å². The SMILES string of the molecule is C/C(Nc1nc(-c2cc(C)n(CCc3ccccc3)c2C)cs1)=C(\C#N)C(N)=O. The van der Waals surface area contributed by atoms with Gasteiger partial charge in [-0.3, -0.25) is 4.79 Å². The minimum Gasteiger partial charge on any atom is -0.365 e.